The quantitative estimate of drug-likeness (QED) is 0.924. The van der Waals surface area contributed by atoms with Gasteiger partial charge in [-0.05, 0) is 44.0 Å². The zero-order valence-electron chi connectivity index (χ0n) is 12.2. The summed E-state index contributed by atoms with van der Waals surface area (Å²) in [6.07, 6.45) is 0. The standard InChI is InChI=1S/C16H18ClNO2S/c1-11-8-9-16(12(2)10-11)21(19,20)18-13(3)14-6-4-5-7-15(14)17/h4-10,13,18H,1-3H3/t13-/m1/s1. The number of nitrogens with one attached hydrogen (secondary N) is 1. The molecule has 2 aromatic carbocycles. The molecule has 0 spiro atoms. The van der Waals surface area contributed by atoms with Crippen molar-refractivity contribution < 1.29 is 8.42 Å². The van der Waals surface area contributed by atoms with Crippen molar-refractivity contribution in [2.24, 2.45) is 0 Å². The third-order valence-corrected chi connectivity index (χ3v) is 5.37. The minimum atomic E-state index is -3.58. The summed E-state index contributed by atoms with van der Waals surface area (Å²) in [6, 6.07) is 12.1. The predicted molar refractivity (Wildman–Crippen MR) is 86.1 cm³/mol. The topological polar surface area (TPSA) is 46.2 Å². The third-order valence-electron chi connectivity index (χ3n) is 3.32. The van der Waals surface area contributed by atoms with Crippen LogP contribution in [0.25, 0.3) is 0 Å². The number of halogens is 1. The second-order valence-electron chi connectivity index (χ2n) is 5.13. The zero-order valence-corrected chi connectivity index (χ0v) is 13.8. The number of benzene rings is 2. The van der Waals surface area contributed by atoms with E-state index in [1.54, 1.807) is 32.0 Å². The molecule has 0 radical (unpaired) electrons. The van der Waals surface area contributed by atoms with Gasteiger partial charge in [0.1, 0.15) is 0 Å². The van der Waals surface area contributed by atoms with Gasteiger partial charge in [0.2, 0.25) is 10.0 Å². The molecule has 2 rings (SSSR count). The van der Waals surface area contributed by atoms with Crippen molar-refractivity contribution in [2.75, 3.05) is 0 Å². The van der Waals surface area contributed by atoms with E-state index in [4.69, 9.17) is 11.6 Å². The van der Waals surface area contributed by atoms with Gasteiger partial charge in [-0.25, -0.2) is 13.1 Å². The van der Waals surface area contributed by atoms with E-state index in [1.807, 2.05) is 31.2 Å². The van der Waals surface area contributed by atoms with Crippen molar-refractivity contribution in [1.82, 2.24) is 4.72 Å². The zero-order chi connectivity index (χ0) is 15.6. The Morgan fingerprint density at radius 3 is 2.38 bits per heavy atom. The summed E-state index contributed by atoms with van der Waals surface area (Å²) in [5.41, 5.74) is 2.52. The fraction of sp³-hybridized carbons (Fsp3) is 0.250. The molecule has 21 heavy (non-hydrogen) atoms. The highest BCUT2D eigenvalue weighted by Gasteiger charge is 2.21. The molecule has 2 aromatic rings. The lowest BCUT2D eigenvalue weighted by Gasteiger charge is -2.17. The largest absolute Gasteiger partial charge is 0.241 e. The van der Waals surface area contributed by atoms with Crippen LogP contribution in [0.15, 0.2) is 47.4 Å². The molecule has 0 bridgehead atoms. The summed E-state index contributed by atoms with van der Waals surface area (Å²) >= 11 is 6.11. The number of hydrogen-bond donors (Lipinski definition) is 1. The molecule has 0 saturated heterocycles. The van der Waals surface area contributed by atoms with Crippen LogP contribution in [0.2, 0.25) is 5.02 Å². The Balaban J connectivity index is 2.31. The summed E-state index contributed by atoms with van der Waals surface area (Å²) in [5, 5.41) is 0.549. The lowest BCUT2D eigenvalue weighted by molar-refractivity contribution is 0.566. The number of rotatable bonds is 4. The summed E-state index contributed by atoms with van der Waals surface area (Å²) in [7, 11) is -3.58. The molecule has 0 fully saturated rings. The minimum Gasteiger partial charge on any atom is -0.207 e. The summed E-state index contributed by atoms with van der Waals surface area (Å²) in [4.78, 5) is 0.298. The normalized spacial score (nSPS) is 13.1. The van der Waals surface area contributed by atoms with E-state index < -0.39 is 16.1 Å². The molecule has 0 saturated carbocycles. The predicted octanol–water partition coefficient (Wildman–Crippen LogP) is 4.00. The number of hydrogen-bond acceptors (Lipinski definition) is 2. The van der Waals surface area contributed by atoms with Gasteiger partial charge >= 0.3 is 0 Å². The van der Waals surface area contributed by atoms with E-state index in [2.05, 4.69) is 4.72 Å². The van der Waals surface area contributed by atoms with Crippen molar-refractivity contribution >= 4 is 21.6 Å². The molecule has 0 heterocycles. The van der Waals surface area contributed by atoms with Crippen LogP contribution in [0.5, 0.6) is 0 Å². The van der Waals surface area contributed by atoms with Crippen LogP contribution in [-0.4, -0.2) is 8.42 Å². The van der Waals surface area contributed by atoms with Crippen LogP contribution in [-0.2, 0) is 10.0 Å². The summed E-state index contributed by atoms with van der Waals surface area (Å²) in [5.74, 6) is 0. The SMILES string of the molecule is Cc1ccc(S(=O)(=O)N[C@H](C)c2ccccc2Cl)c(C)c1. The average Bonchev–Trinajstić information content (AvgIpc) is 2.37. The first-order valence-electron chi connectivity index (χ1n) is 6.65. The van der Waals surface area contributed by atoms with Gasteiger partial charge in [-0.3, -0.25) is 0 Å². The highest BCUT2D eigenvalue weighted by molar-refractivity contribution is 7.89. The molecule has 1 atom stereocenters. The summed E-state index contributed by atoms with van der Waals surface area (Å²) < 4.78 is 27.7. The smallest absolute Gasteiger partial charge is 0.207 e. The number of aryl methyl sites for hydroxylation is 2. The minimum absolute atomic E-state index is 0.298. The van der Waals surface area contributed by atoms with Crippen molar-refractivity contribution in [1.29, 1.82) is 0 Å². The third kappa shape index (κ3) is 3.64. The van der Waals surface area contributed by atoms with Crippen molar-refractivity contribution in [3.8, 4) is 0 Å². The molecule has 0 amide bonds. The van der Waals surface area contributed by atoms with Crippen LogP contribution in [0.3, 0.4) is 0 Å². The van der Waals surface area contributed by atoms with E-state index in [9.17, 15) is 8.42 Å². The maximum Gasteiger partial charge on any atom is 0.241 e. The van der Waals surface area contributed by atoms with Gasteiger partial charge in [0.15, 0.2) is 0 Å². The van der Waals surface area contributed by atoms with Crippen LogP contribution in [0, 0.1) is 13.8 Å². The number of sulfonamides is 1. The molecular weight excluding hydrogens is 306 g/mol. The van der Waals surface area contributed by atoms with Gasteiger partial charge in [-0.2, -0.15) is 0 Å². The Labute approximate surface area is 131 Å². The van der Waals surface area contributed by atoms with E-state index in [-0.39, 0.29) is 0 Å². The molecule has 5 heteroatoms. The molecule has 0 aliphatic rings. The maximum atomic E-state index is 12.5. The molecule has 0 aliphatic heterocycles. The molecular formula is C16H18ClNO2S. The van der Waals surface area contributed by atoms with E-state index in [0.717, 1.165) is 16.7 Å². The Kier molecular flexibility index (Phi) is 4.71. The van der Waals surface area contributed by atoms with Crippen molar-refractivity contribution in [2.45, 2.75) is 31.7 Å². The Morgan fingerprint density at radius 1 is 1.10 bits per heavy atom. The molecule has 112 valence electrons. The Morgan fingerprint density at radius 2 is 1.76 bits per heavy atom. The van der Waals surface area contributed by atoms with Crippen LogP contribution < -0.4 is 4.72 Å². The van der Waals surface area contributed by atoms with Gasteiger partial charge in [-0.1, -0.05) is 47.5 Å². The Bertz CT molecular complexity index is 757. The fourth-order valence-corrected chi connectivity index (χ4v) is 4.04. The average molecular weight is 324 g/mol. The molecule has 0 aliphatic carbocycles. The second kappa shape index (κ2) is 6.18. The van der Waals surface area contributed by atoms with Crippen LogP contribution >= 0.6 is 11.6 Å². The molecule has 0 unspecified atom stereocenters. The van der Waals surface area contributed by atoms with Crippen molar-refractivity contribution in [3.63, 3.8) is 0 Å². The van der Waals surface area contributed by atoms with Crippen molar-refractivity contribution in [3.05, 3.63) is 64.2 Å². The highest BCUT2D eigenvalue weighted by atomic mass is 35.5. The first-order valence-corrected chi connectivity index (χ1v) is 8.51. The highest BCUT2D eigenvalue weighted by Crippen LogP contribution is 2.25. The van der Waals surface area contributed by atoms with Gasteiger partial charge in [0, 0.05) is 11.1 Å². The molecule has 1 N–H and O–H groups in total. The Hall–Kier alpha value is -1.36. The monoisotopic (exact) mass is 323 g/mol. The van der Waals surface area contributed by atoms with Gasteiger partial charge < -0.3 is 0 Å². The van der Waals surface area contributed by atoms with Crippen LogP contribution in [0.4, 0.5) is 0 Å². The molecule has 0 aromatic heterocycles. The van der Waals surface area contributed by atoms with Gasteiger partial charge in [0.05, 0.1) is 4.90 Å². The first kappa shape index (κ1) is 16.0. The summed E-state index contributed by atoms with van der Waals surface area (Å²) in [6.45, 7) is 5.51. The van der Waals surface area contributed by atoms with Gasteiger partial charge in [0.25, 0.3) is 0 Å². The second-order valence-corrected chi connectivity index (χ2v) is 7.22. The molecule has 3 nitrogen and oxygen atoms in total. The van der Waals surface area contributed by atoms with E-state index in [0.29, 0.717) is 9.92 Å². The maximum absolute atomic E-state index is 12.5. The fourth-order valence-electron chi connectivity index (χ4n) is 2.29. The van der Waals surface area contributed by atoms with Crippen LogP contribution in [0.1, 0.15) is 29.7 Å². The van der Waals surface area contributed by atoms with E-state index in [1.165, 1.54) is 0 Å². The lowest BCUT2D eigenvalue weighted by Crippen LogP contribution is -2.27. The first-order chi connectivity index (χ1) is 9.81. The van der Waals surface area contributed by atoms with Gasteiger partial charge in [-0.15, -0.1) is 0 Å². The lowest BCUT2D eigenvalue weighted by atomic mass is 10.1. The van der Waals surface area contributed by atoms with E-state index >= 15 is 0 Å².